The lowest BCUT2D eigenvalue weighted by atomic mass is 10.1. The van der Waals surface area contributed by atoms with Crippen molar-refractivity contribution >= 4 is 17.2 Å². The minimum Gasteiger partial charge on any atom is -0.497 e. The molecule has 0 bridgehead atoms. The molecule has 0 aliphatic rings. The lowest BCUT2D eigenvalue weighted by molar-refractivity contribution is 0.0932. The topological polar surface area (TPSA) is 77.3 Å². The molecule has 0 aliphatic carbocycles. The van der Waals surface area contributed by atoms with Crippen LogP contribution in [0.4, 0.5) is 0 Å². The molecule has 0 spiro atoms. The first-order valence-electron chi connectivity index (χ1n) is 9.09. The van der Waals surface area contributed by atoms with Crippen LogP contribution in [0, 0.1) is 0 Å². The smallest absolute Gasteiger partial charge is 0.262 e. The summed E-state index contributed by atoms with van der Waals surface area (Å²) in [7, 11) is 1.61. The maximum absolute atomic E-state index is 12.6. The molecule has 1 N–H and O–H groups in total. The normalized spacial score (nSPS) is 11.8. The summed E-state index contributed by atoms with van der Waals surface area (Å²) < 4.78 is 10.8. The van der Waals surface area contributed by atoms with E-state index in [2.05, 4.69) is 15.5 Å². The Labute approximate surface area is 172 Å². The van der Waals surface area contributed by atoms with Gasteiger partial charge < -0.3 is 14.6 Å². The van der Waals surface area contributed by atoms with Gasteiger partial charge in [0.15, 0.2) is 0 Å². The maximum atomic E-state index is 12.6. The predicted octanol–water partition coefficient (Wildman–Crippen LogP) is 4.52. The standard InChI is InChI=1S/C22H19N3O3S/c1-27-17-10-5-9-16(14-17)20-24-22(28-25-20)18(13-15-7-3-2-4-8-15)23-21(26)19-11-6-12-29-19/h2-12,14,18H,13H2,1H3,(H,23,26)/t18-/m0/s1. The van der Waals surface area contributed by atoms with Gasteiger partial charge in [-0.25, -0.2) is 0 Å². The van der Waals surface area contributed by atoms with E-state index in [1.165, 1.54) is 11.3 Å². The Morgan fingerprint density at radius 3 is 2.76 bits per heavy atom. The first-order chi connectivity index (χ1) is 14.2. The highest BCUT2D eigenvalue weighted by Crippen LogP contribution is 2.25. The van der Waals surface area contributed by atoms with Gasteiger partial charge in [0, 0.05) is 12.0 Å². The highest BCUT2D eigenvalue weighted by molar-refractivity contribution is 7.12. The van der Waals surface area contributed by atoms with Gasteiger partial charge in [0.05, 0.1) is 12.0 Å². The average Bonchev–Trinajstić information content (AvgIpc) is 3.46. The molecule has 0 unspecified atom stereocenters. The number of nitrogens with zero attached hydrogens (tertiary/aromatic N) is 2. The molecule has 7 heteroatoms. The van der Waals surface area contributed by atoms with Crippen molar-refractivity contribution in [2.45, 2.75) is 12.5 Å². The Morgan fingerprint density at radius 2 is 2.00 bits per heavy atom. The number of hydrogen-bond donors (Lipinski definition) is 1. The summed E-state index contributed by atoms with van der Waals surface area (Å²) in [5.74, 6) is 1.35. The summed E-state index contributed by atoms with van der Waals surface area (Å²) in [6.45, 7) is 0. The van der Waals surface area contributed by atoms with Crippen LogP contribution in [0.15, 0.2) is 76.6 Å². The van der Waals surface area contributed by atoms with Crippen molar-refractivity contribution in [3.05, 3.63) is 88.4 Å². The summed E-state index contributed by atoms with van der Waals surface area (Å²) in [6, 6.07) is 20.5. The van der Waals surface area contributed by atoms with Crippen LogP contribution in [0.25, 0.3) is 11.4 Å². The van der Waals surface area contributed by atoms with Crippen molar-refractivity contribution in [2.24, 2.45) is 0 Å². The van der Waals surface area contributed by atoms with Gasteiger partial charge in [-0.1, -0.05) is 53.7 Å². The number of rotatable bonds is 7. The number of benzene rings is 2. The Morgan fingerprint density at radius 1 is 1.14 bits per heavy atom. The van der Waals surface area contributed by atoms with E-state index in [1.54, 1.807) is 13.2 Å². The molecule has 4 aromatic rings. The van der Waals surface area contributed by atoms with Crippen LogP contribution in [0.2, 0.25) is 0 Å². The van der Waals surface area contributed by atoms with Crippen molar-refractivity contribution in [1.82, 2.24) is 15.5 Å². The Kier molecular flexibility index (Phi) is 5.67. The van der Waals surface area contributed by atoms with Crippen LogP contribution in [0.3, 0.4) is 0 Å². The molecule has 4 rings (SSSR count). The molecule has 29 heavy (non-hydrogen) atoms. The van der Waals surface area contributed by atoms with Gasteiger partial charge in [0.1, 0.15) is 11.8 Å². The van der Waals surface area contributed by atoms with Gasteiger partial charge in [0.25, 0.3) is 5.91 Å². The first-order valence-corrected chi connectivity index (χ1v) is 9.97. The van der Waals surface area contributed by atoms with Crippen molar-refractivity contribution in [1.29, 1.82) is 0 Å². The number of carbonyl (C=O) groups is 1. The molecule has 1 amide bonds. The molecular formula is C22H19N3O3S. The number of ether oxygens (including phenoxy) is 1. The first kappa shape index (κ1) is 18.9. The van der Waals surface area contributed by atoms with E-state index >= 15 is 0 Å². The van der Waals surface area contributed by atoms with Gasteiger partial charge >= 0.3 is 0 Å². The monoisotopic (exact) mass is 405 g/mol. The molecule has 0 fully saturated rings. The van der Waals surface area contributed by atoms with Gasteiger partial charge in [-0.05, 0) is 29.1 Å². The van der Waals surface area contributed by atoms with Crippen LogP contribution >= 0.6 is 11.3 Å². The van der Waals surface area contributed by atoms with Gasteiger partial charge in [-0.3, -0.25) is 4.79 Å². The number of carbonyl (C=O) groups excluding carboxylic acids is 1. The van der Waals surface area contributed by atoms with Crippen LogP contribution in [-0.2, 0) is 6.42 Å². The third kappa shape index (κ3) is 4.52. The number of nitrogens with one attached hydrogen (secondary N) is 1. The van der Waals surface area contributed by atoms with E-state index in [-0.39, 0.29) is 5.91 Å². The fourth-order valence-electron chi connectivity index (χ4n) is 2.94. The minimum absolute atomic E-state index is 0.165. The number of aromatic nitrogens is 2. The fourth-order valence-corrected chi connectivity index (χ4v) is 3.57. The highest BCUT2D eigenvalue weighted by Gasteiger charge is 2.23. The van der Waals surface area contributed by atoms with Gasteiger partial charge in [0.2, 0.25) is 11.7 Å². The summed E-state index contributed by atoms with van der Waals surface area (Å²) >= 11 is 1.39. The average molecular weight is 405 g/mol. The molecule has 6 nitrogen and oxygen atoms in total. The van der Waals surface area contributed by atoms with Crippen molar-refractivity contribution < 1.29 is 14.1 Å². The number of amides is 1. The third-order valence-electron chi connectivity index (χ3n) is 4.40. The van der Waals surface area contributed by atoms with E-state index in [1.807, 2.05) is 66.0 Å². The van der Waals surface area contributed by atoms with Crippen molar-refractivity contribution in [3.63, 3.8) is 0 Å². The molecule has 0 saturated heterocycles. The Hall–Kier alpha value is -3.45. The number of hydrogen-bond acceptors (Lipinski definition) is 6. The minimum atomic E-state index is -0.446. The summed E-state index contributed by atoms with van der Waals surface area (Å²) in [4.78, 5) is 17.8. The van der Waals surface area contributed by atoms with E-state index < -0.39 is 6.04 Å². The third-order valence-corrected chi connectivity index (χ3v) is 5.27. The number of methoxy groups -OCH3 is 1. The fraction of sp³-hybridized carbons (Fsp3) is 0.136. The SMILES string of the molecule is COc1cccc(-c2noc([C@H](Cc3ccccc3)NC(=O)c3cccs3)n2)c1. The van der Waals surface area contributed by atoms with Crippen LogP contribution < -0.4 is 10.1 Å². The zero-order valence-electron chi connectivity index (χ0n) is 15.7. The quantitative estimate of drug-likeness (QED) is 0.489. The van der Waals surface area contributed by atoms with Gasteiger partial charge in [-0.15, -0.1) is 11.3 Å². The lowest BCUT2D eigenvalue weighted by Gasteiger charge is -2.14. The van der Waals surface area contributed by atoms with Crippen LogP contribution in [0.1, 0.15) is 27.2 Å². The van der Waals surface area contributed by atoms with Crippen molar-refractivity contribution in [2.75, 3.05) is 7.11 Å². The van der Waals surface area contributed by atoms with E-state index in [0.717, 1.165) is 11.1 Å². The molecule has 2 aromatic heterocycles. The van der Waals surface area contributed by atoms with Crippen LogP contribution in [-0.4, -0.2) is 23.2 Å². The summed E-state index contributed by atoms with van der Waals surface area (Å²) in [5.41, 5.74) is 1.84. The predicted molar refractivity (Wildman–Crippen MR) is 111 cm³/mol. The zero-order chi connectivity index (χ0) is 20.1. The molecule has 146 valence electrons. The van der Waals surface area contributed by atoms with Crippen LogP contribution in [0.5, 0.6) is 5.75 Å². The molecule has 2 heterocycles. The summed E-state index contributed by atoms with van der Waals surface area (Å²) in [5, 5.41) is 9.00. The van der Waals surface area contributed by atoms with Gasteiger partial charge in [-0.2, -0.15) is 4.98 Å². The molecule has 0 saturated carbocycles. The van der Waals surface area contributed by atoms with Crippen molar-refractivity contribution in [3.8, 4) is 17.1 Å². The van der Waals surface area contributed by atoms with E-state index in [9.17, 15) is 4.79 Å². The molecular weight excluding hydrogens is 386 g/mol. The highest BCUT2D eigenvalue weighted by atomic mass is 32.1. The molecule has 2 aromatic carbocycles. The largest absolute Gasteiger partial charge is 0.497 e. The summed E-state index contributed by atoms with van der Waals surface area (Å²) in [6.07, 6.45) is 0.539. The Bertz CT molecular complexity index is 1080. The maximum Gasteiger partial charge on any atom is 0.262 e. The molecule has 0 aliphatic heterocycles. The van der Waals surface area contributed by atoms with E-state index in [4.69, 9.17) is 9.26 Å². The zero-order valence-corrected chi connectivity index (χ0v) is 16.6. The second-order valence-corrected chi connectivity index (χ2v) is 7.33. The Balaban J connectivity index is 1.61. The molecule has 1 atom stereocenters. The molecule has 0 radical (unpaired) electrons. The second-order valence-electron chi connectivity index (χ2n) is 6.38. The number of thiophene rings is 1. The second kappa shape index (κ2) is 8.70. The lowest BCUT2D eigenvalue weighted by Crippen LogP contribution is -2.29. The van der Waals surface area contributed by atoms with E-state index in [0.29, 0.717) is 28.8 Å².